The van der Waals surface area contributed by atoms with Gasteiger partial charge >= 0.3 is 47.8 Å². The first-order chi connectivity index (χ1) is 70.3. The summed E-state index contributed by atoms with van der Waals surface area (Å²) in [6, 6.07) is 85.7. The van der Waals surface area contributed by atoms with Crippen LogP contribution in [0.2, 0.25) is 18.1 Å². The molecule has 0 fully saturated rings. The quantitative estimate of drug-likeness (QED) is 0.0151. The molecule has 0 bridgehead atoms. The van der Waals surface area contributed by atoms with Gasteiger partial charge in [-0.1, -0.05) is 346 Å². The number of benzene rings is 14. The molecule has 0 atom stereocenters. The summed E-state index contributed by atoms with van der Waals surface area (Å²) in [4.78, 5) is 106. The highest BCUT2D eigenvalue weighted by Gasteiger charge is 2.41. The molecule has 14 rings (SSSR count). The van der Waals surface area contributed by atoms with E-state index in [4.69, 9.17) is 125 Å². The van der Waals surface area contributed by atoms with E-state index in [9.17, 15) is 38.4 Å². The average Bonchev–Trinajstić information content (AvgIpc) is 0.736. The monoisotopic (exact) mass is 2230 g/mol. The lowest BCUT2D eigenvalue weighted by atomic mass is 10.2. The lowest BCUT2D eigenvalue weighted by Crippen LogP contribution is -2.42. The van der Waals surface area contributed by atoms with Crippen molar-refractivity contribution in [3.63, 3.8) is 0 Å². The molecule has 0 heterocycles. The highest BCUT2D eigenvalue weighted by molar-refractivity contribution is 8.28. The molecule has 0 aliphatic rings. The zero-order valence-electron chi connectivity index (χ0n) is 83.6. The topological polar surface area (TPSA) is 220 Å². The smallest absolute Gasteiger partial charge is 0.338 e. The van der Waals surface area contributed by atoms with Crippen molar-refractivity contribution in [2.75, 3.05) is 59.2 Å². The molecule has 0 saturated heterocycles. The fourth-order valence-corrected chi connectivity index (χ4v) is 44.6. The minimum Gasteiger partial charge on any atom is -0.462 e. The average molecular weight is 2240 g/mol. The van der Waals surface area contributed by atoms with Crippen molar-refractivity contribution in [2.45, 2.75) is 94.3 Å². The van der Waals surface area contributed by atoms with Crippen molar-refractivity contribution in [1.82, 2.24) is 0 Å². The largest absolute Gasteiger partial charge is 0.462 e. The van der Waals surface area contributed by atoms with E-state index in [1.807, 2.05) is 146 Å². The molecule has 17 nitrogen and oxygen atoms in total. The Morgan fingerprint density at radius 3 is 0.381 bits per heavy atom. The van der Waals surface area contributed by atoms with Gasteiger partial charge in [0.15, 0.2) is 8.32 Å². The molecule has 14 aromatic rings. The van der Waals surface area contributed by atoms with Gasteiger partial charge in [0.2, 0.25) is 0 Å². The first-order valence-corrected chi connectivity index (χ1v) is 70.7. The number of esters is 8. The van der Waals surface area contributed by atoms with Gasteiger partial charge in [-0.25, -0.2) is 38.4 Å². The molecule has 756 valence electrons. The molecule has 0 amide bonds. The van der Waals surface area contributed by atoms with Gasteiger partial charge in [0.1, 0.15) is 0 Å². The van der Waals surface area contributed by atoms with Gasteiger partial charge in [0, 0.05) is 42.3 Å². The number of carbonyl (C=O) groups excluding carboxylic acids is 8. The van der Waals surface area contributed by atoms with Crippen molar-refractivity contribution in [1.29, 1.82) is 0 Å². The second kappa shape index (κ2) is 48.2. The first kappa shape index (κ1) is 112. The highest BCUT2D eigenvalue weighted by Crippen LogP contribution is 2.53. The van der Waals surface area contributed by atoms with Gasteiger partial charge in [-0.3, -0.25) is 0 Å². The molecule has 0 aliphatic carbocycles. The normalized spacial score (nSPS) is 12.1. The van der Waals surface area contributed by atoms with Gasteiger partial charge in [-0.05, 0) is 277 Å². The van der Waals surface area contributed by atoms with Crippen LogP contribution in [0.4, 0.5) is 0 Å². The number of rotatable bonds is 39. The minimum atomic E-state index is -3.26. The van der Waals surface area contributed by atoms with Crippen LogP contribution in [0.15, 0.2) is 340 Å². The van der Waals surface area contributed by atoms with Crippen LogP contribution in [0.5, 0.6) is 0 Å². The Kier molecular flexibility index (Phi) is 36.8. The van der Waals surface area contributed by atoms with Gasteiger partial charge in [0.05, 0.1) is 104 Å². The Hall–Kier alpha value is -10.4. The van der Waals surface area contributed by atoms with Crippen molar-refractivity contribution in [3.05, 3.63) is 384 Å². The SMILES string of the molecule is CCOC(=O)c1ccc(P(=S)(c2ccc(C(=O)OCC)cc2)c2ccc(P(=S)(c3ccc(P(=S)(CO[Si](C)(C)C(C)(C)C)c4ccc(P(=S)(c5ccc(P(=S)(c6ccc(C(=O)OCC)cc6)c6ccc(C(=O)OCC)cc6)cc5)c5ccc(P(=S)(c6ccc(C(=O)OCC)cc6)c6ccc(C(=O)OCC)cc6)cc5)cc4)cc3)c3ccc(P(=S)(c4ccc(C(=O)OCC)cc4)c4ccc(C(=O)OCC)cc4)cc3)cc2)cc1. The molecule has 0 unspecified atom stereocenters. The summed E-state index contributed by atoms with van der Waals surface area (Å²) in [7, 11) is -2.60. The second-order valence-corrected chi connectivity index (χ2v) is 71.6. The number of hydrogen-bond acceptors (Lipinski definition) is 24. The van der Waals surface area contributed by atoms with E-state index in [0.717, 1.165) is 106 Å². The van der Waals surface area contributed by atoms with Crippen LogP contribution in [0.25, 0.3) is 0 Å². The van der Waals surface area contributed by atoms with E-state index in [0.29, 0.717) is 44.5 Å². The third-order valence-electron chi connectivity index (χ3n) is 25.9. The van der Waals surface area contributed by atoms with E-state index in [2.05, 4.69) is 131 Å². The van der Waals surface area contributed by atoms with E-state index in [1.165, 1.54) is 0 Å². The van der Waals surface area contributed by atoms with E-state index in [-0.39, 0.29) is 64.2 Å². The van der Waals surface area contributed by atoms with Crippen LogP contribution >= 0.6 is 42.3 Å². The summed E-state index contributed by atoms with van der Waals surface area (Å²) in [6.45, 7) is 26.7. The first-order valence-electron chi connectivity index (χ1n) is 48.0. The van der Waals surface area contributed by atoms with Gasteiger partial charge < -0.3 is 42.3 Å². The number of carbonyl (C=O) groups is 8. The third kappa shape index (κ3) is 23.4. The summed E-state index contributed by atoms with van der Waals surface area (Å²) in [5, 5.41) is 15.9. The van der Waals surface area contributed by atoms with Crippen LogP contribution in [0, 0.1) is 0 Å². The van der Waals surface area contributed by atoms with Gasteiger partial charge in [0.25, 0.3) is 0 Å². The zero-order chi connectivity index (χ0) is 106. The lowest BCUT2D eigenvalue weighted by Gasteiger charge is -2.38. The molecule has 0 aromatic heterocycles. The predicted molar refractivity (Wildman–Crippen MR) is 634 cm³/mol. The minimum absolute atomic E-state index is 0.193. The molecular formula is C115H113O17P7S7Si. The van der Waals surface area contributed by atoms with Crippen molar-refractivity contribution >= 4 is 287 Å². The van der Waals surface area contributed by atoms with E-state index < -0.39 is 98.3 Å². The Balaban J connectivity index is 0.939. The summed E-state index contributed by atoms with van der Waals surface area (Å²) in [5.74, 6) is -3.75. The van der Waals surface area contributed by atoms with Gasteiger partial charge in [-0.2, -0.15) is 0 Å². The molecule has 147 heavy (non-hydrogen) atoms. The Morgan fingerprint density at radius 2 is 0.286 bits per heavy atom. The van der Waals surface area contributed by atoms with Crippen LogP contribution in [0.3, 0.4) is 0 Å². The maximum absolute atomic E-state index is 13.2. The molecular weight excluding hydrogens is 2120 g/mol. The molecule has 0 radical (unpaired) electrons. The van der Waals surface area contributed by atoms with E-state index in [1.54, 1.807) is 152 Å². The zero-order valence-corrected chi connectivity index (χ0v) is 96.6. The Morgan fingerprint density at radius 1 is 0.190 bits per heavy atom. The Labute approximate surface area is 897 Å². The Bertz CT molecular complexity index is 6520. The fraction of sp³-hybridized carbons (Fsp3) is 0.200. The summed E-state index contributed by atoms with van der Waals surface area (Å²) >= 11 is 50.6. The molecule has 0 saturated carbocycles. The van der Waals surface area contributed by atoms with Crippen molar-refractivity contribution in [2.24, 2.45) is 0 Å². The molecule has 0 aliphatic heterocycles. The third-order valence-corrected chi connectivity index (χ3v) is 64.8. The summed E-state index contributed by atoms with van der Waals surface area (Å²) in [5.41, 5.74) is 2.91. The van der Waals surface area contributed by atoms with Crippen molar-refractivity contribution in [3.8, 4) is 0 Å². The molecule has 0 spiro atoms. The maximum atomic E-state index is 13.2. The maximum Gasteiger partial charge on any atom is 0.338 e. The second-order valence-electron chi connectivity index (χ2n) is 35.7. The highest BCUT2D eigenvalue weighted by atomic mass is 32.5. The lowest BCUT2D eigenvalue weighted by molar-refractivity contribution is 0.0517. The van der Waals surface area contributed by atoms with Crippen LogP contribution < -0.4 is 106 Å². The van der Waals surface area contributed by atoms with E-state index >= 15 is 0 Å². The van der Waals surface area contributed by atoms with Crippen LogP contribution in [0.1, 0.15) is 159 Å². The molecule has 14 aromatic carbocycles. The standard InChI is InChI=1S/C115H113O17P7S7Si/c1-14-124-107(116)79-22-38-89(39-23-79)134(141,90-40-24-80(25-41-90)108(117)125-15-2)99-62-70-103(71-63-99)138(145,104-72-64-100(65-73-104)135(142,91-42-26-81(27-43-91)109(118)126-16-3)92-44-28-82(29-45-92)110(119)127-17-4)97-58-54-87(55-59-97)133(140,78-132-147(12,13)115(9,10)11)88-56-60-98(61-57-88)139(146,105-74-66-101(67-75-105)136(143,93-46-30-83(31-47-93)111(120)128-18-5)94-48-32-84(33-49-94)112(121)129-19-6)106-76-68-102(69-77-106)137(144,95-50-34-85(35-51-95)113(122)130-20-7)96-52-36-86(37-53-96)114(123)131-21-8/h22-77H,14-21,78H2,1-13H3. The predicted octanol–water partition coefficient (Wildman–Crippen LogP) is 17.0. The molecule has 0 N–H and O–H groups in total. The fourth-order valence-electron chi connectivity index (χ4n) is 16.9. The number of hydrogen-bond donors (Lipinski definition) is 0. The van der Waals surface area contributed by atoms with Crippen LogP contribution in [-0.2, 0) is 125 Å². The van der Waals surface area contributed by atoms with Gasteiger partial charge in [-0.15, -0.1) is 0 Å². The summed E-state index contributed by atoms with van der Waals surface area (Å²) in [6.07, 6.45) is 0.198. The van der Waals surface area contributed by atoms with Crippen LogP contribution in [-0.4, -0.2) is 115 Å². The molecule has 32 heteroatoms. The van der Waals surface area contributed by atoms with Crippen molar-refractivity contribution < 1.29 is 80.7 Å². The number of ether oxygens (including phenoxy) is 8. The summed E-state index contributed by atoms with van der Waals surface area (Å²) < 4.78 is 50.8.